The zero-order valence-corrected chi connectivity index (χ0v) is 11.0. The first-order chi connectivity index (χ1) is 7.43. The summed E-state index contributed by atoms with van der Waals surface area (Å²) >= 11 is 0. The number of hydrogen-bond acceptors (Lipinski definition) is 1. The second kappa shape index (κ2) is 4.03. The van der Waals surface area contributed by atoms with E-state index in [1.54, 1.807) is 0 Å². The van der Waals surface area contributed by atoms with Crippen molar-refractivity contribution in [3.8, 4) is 0 Å². The van der Waals surface area contributed by atoms with Gasteiger partial charge in [-0.1, -0.05) is 37.1 Å². The fourth-order valence-electron chi connectivity index (χ4n) is 3.25. The second-order valence-electron chi connectivity index (χ2n) is 6.25. The largest absolute Gasteiger partial charge is 0.392 e. The predicted molar refractivity (Wildman–Crippen MR) is 68.1 cm³/mol. The van der Waals surface area contributed by atoms with E-state index in [1.807, 2.05) is 0 Å². The van der Waals surface area contributed by atoms with E-state index in [0.717, 1.165) is 12.8 Å². The van der Waals surface area contributed by atoms with Crippen molar-refractivity contribution in [2.24, 2.45) is 17.3 Å². The zero-order chi connectivity index (χ0) is 11.9. The van der Waals surface area contributed by atoms with Crippen LogP contribution < -0.4 is 0 Å². The van der Waals surface area contributed by atoms with E-state index in [1.165, 1.54) is 17.6 Å². The fourth-order valence-corrected chi connectivity index (χ4v) is 3.25. The molecule has 2 unspecified atom stereocenters. The molecule has 2 rings (SSSR count). The Bertz CT molecular complexity index is 335. The summed E-state index contributed by atoms with van der Waals surface area (Å²) in [6, 6.07) is 0. The van der Waals surface area contributed by atoms with E-state index < -0.39 is 0 Å². The molecular formula is C15H24O. The van der Waals surface area contributed by atoms with Crippen molar-refractivity contribution >= 4 is 0 Å². The van der Waals surface area contributed by atoms with Gasteiger partial charge in [0.2, 0.25) is 0 Å². The maximum absolute atomic E-state index is 10.3. The first kappa shape index (κ1) is 11.9. The Morgan fingerprint density at radius 1 is 1.25 bits per heavy atom. The molecule has 1 N–H and O–H groups in total. The van der Waals surface area contributed by atoms with Gasteiger partial charge >= 0.3 is 0 Å². The lowest BCUT2D eigenvalue weighted by Gasteiger charge is -2.13. The van der Waals surface area contributed by atoms with Gasteiger partial charge in [-0.25, -0.2) is 0 Å². The highest BCUT2D eigenvalue weighted by Crippen LogP contribution is 2.61. The van der Waals surface area contributed by atoms with Crippen molar-refractivity contribution in [1.82, 2.24) is 0 Å². The molecule has 0 aromatic heterocycles. The second-order valence-corrected chi connectivity index (χ2v) is 6.25. The van der Waals surface area contributed by atoms with Gasteiger partial charge in [-0.05, 0) is 50.4 Å². The molecule has 0 spiro atoms. The number of aliphatic hydroxyl groups excluding tert-OH is 1. The van der Waals surface area contributed by atoms with Gasteiger partial charge in [0.25, 0.3) is 0 Å². The number of fused-ring (bicyclic) bond motifs is 1. The van der Waals surface area contributed by atoms with Crippen molar-refractivity contribution in [3.05, 3.63) is 23.3 Å². The minimum absolute atomic E-state index is 0.154. The first-order valence-electron chi connectivity index (χ1n) is 6.44. The van der Waals surface area contributed by atoms with Gasteiger partial charge in [-0.15, -0.1) is 0 Å². The minimum Gasteiger partial charge on any atom is -0.392 e. The van der Waals surface area contributed by atoms with Gasteiger partial charge in [0.1, 0.15) is 0 Å². The third kappa shape index (κ3) is 2.10. The standard InChI is InChI=1S/C15H24O/c1-10-6-5-7-11(2)9-13(16)14-12(8-10)15(14,3)4/h7-8,12-14,16H,5-6,9H2,1-4H3/b10-8+,11-7-/t12?,13-,14?/m0/s1. The van der Waals surface area contributed by atoms with Gasteiger partial charge in [-0.2, -0.15) is 0 Å². The van der Waals surface area contributed by atoms with Gasteiger partial charge in [0.05, 0.1) is 6.10 Å². The Labute approximate surface area is 99.3 Å². The highest BCUT2D eigenvalue weighted by Gasteiger charge is 2.59. The van der Waals surface area contributed by atoms with E-state index in [4.69, 9.17) is 0 Å². The monoisotopic (exact) mass is 220 g/mol. The van der Waals surface area contributed by atoms with Crippen LogP contribution in [0.1, 0.15) is 47.0 Å². The van der Waals surface area contributed by atoms with Crippen LogP contribution in [0.5, 0.6) is 0 Å². The van der Waals surface area contributed by atoms with Crippen LogP contribution in [0.3, 0.4) is 0 Å². The lowest BCUT2D eigenvalue weighted by Crippen LogP contribution is -2.14. The summed E-state index contributed by atoms with van der Waals surface area (Å²) in [7, 11) is 0. The average Bonchev–Trinajstić information content (AvgIpc) is 2.67. The molecule has 2 aliphatic carbocycles. The molecular weight excluding hydrogens is 196 g/mol. The summed E-state index contributed by atoms with van der Waals surface area (Å²) in [6.07, 6.45) is 7.69. The predicted octanol–water partition coefficient (Wildman–Crippen LogP) is 3.70. The van der Waals surface area contributed by atoms with E-state index in [-0.39, 0.29) is 6.10 Å². The molecule has 16 heavy (non-hydrogen) atoms. The third-order valence-corrected chi connectivity index (χ3v) is 4.44. The number of aliphatic hydroxyl groups is 1. The molecule has 0 amide bonds. The van der Waals surface area contributed by atoms with Crippen molar-refractivity contribution in [2.75, 3.05) is 0 Å². The van der Waals surface area contributed by atoms with Crippen molar-refractivity contribution < 1.29 is 5.11 Å². The zero-order valence-electron chi connectivity index (χ0n) is 11.0. The summed E-state index contributed by atoms with van der Waals surface area (Å²) in [5.74, 6) is 1.05. The Balaban J connectivity index is 2.22. The molecule has 90 valence electrons. The number of rotatable bonds is 0. The van der Waals surface area contributed by atoms with E-state index >= 15 is 0 Å². The van der Waals surface area contributed by atoms with E-state index in [0.29, 0.717) is 17.3 Å². The Morgan fingerprint density at radius 2 is 1.94 bits per heavy atom. The van der Waals surface area contributed by atoms with Crippen LogP contribution in [0.4, 0.5) is 0 Å². The Morgan fingerprint density at radius 3 is 2.62 bits per heavy atom. The fraction of sp³-hybridized carbons (Fsp3) is 0.733. The Kier molecular flexibility index (Phi) is 3.00. The summed E-state index contributed by atoms with van der Waals surface area (Å²) in [5.41, 5.74) is 3.13. The van der Waals surface area contributed by atoms with Crippen LogP contribution in [0.2, 0.25) is 0 Å². The maximum atomic E-state index is 10.3. The molecule has 0 radical (unpaired) electrons. The highest BCUT2D eigenvalue weighted by molar-refractivity contribution is 5.22. The third-order valence-electron chi connectivity index (χ3n) is 4.44. The summed E-state index contributed by atoms with van der Waals surface area (Å²) in [5, 5.41) is 10.3. The summed E-state index contributed by atoms with van der Waals surface area (Å²) in [4.78, 5) is 0. The molecule has 0 aromatic carbocycles. The molecule has 0 heterocycles. The van der Waals surface area contributed by atoms with Crippen LogP contribution in [0.15, 0.2) is 23.3 Å². The van der Waals surface area contributed by atoms with Crippen LogP contribution in [-0.4, -0.2) is 11.2 Å². The van der Waals surface area contributed by atoms with Crippen LogP contribution >= 0.6 is 0 Å². The summed E-state index contributed by atoms with van der Waals surface area (Å²) in [6.45, 7) is 8.94. The van der Waals surface area contributed by atoms with Crippen LogP contribution in [0, 0.1) is 17.3 Å². The normalized spacial score (nSPS) is 44.7. The molecule has 3 atom stereocenters. The molecule has 2 aliphatic rings. The summed E-state index contributed by atoms with van der Waals surface area (Å²) < 4.78 is 0. The number of allylic oxidation sites excluding steroid dienone is 3. The molecule has 1 saturated carbocycles. The van der Waals surface area contributed by atoms with Crippen LogP contribution in [0.25, 0.3) is 0 Å². The minimum atomic E-state index is -0.154. The van der Waals surface area contributed by atoms with Gasteiger partial charge in [-0.3, -0.25) is 0 Å². The molecule has 0 aliphatic heterocycles. The molecule has 1 heteroatoms. The lowest BCUT2D eigenvalue weighted by atomic mass is 9.99. The van der Waals surface area contributed by atoms with Gasteiger partial charge < -0.3 is 5.11 Å². The van der Waals surface area contributed by atoms with Crippen molar-refractivity contribution in [2.45, 2.75) is 53.1 Å². The molecule has 0 bridgehead atoms. The Hall–Kier alpha value is -0.560. The molecule has 1 nitrogen and oxygen atoms in total. The lowest BCUT2D eigenvalue weighted by molar-refractivity contribution is 0.135. The average molecular weight is 220 g/mol. The SMILES string of the molecule is C/C1=C/CC/C(C)=C/C2C([C@@H](O)C1)C2(C)C. The van der Waals surface area contributed by atoms with Crippen molar-refractivity contribution in [1.29, 1.82) is 0 Å². The quantitative estimate of drug-likeness (QED) is 0.617. The molecule has 1 fully saturated rings. The maximum Gasteiger partial charge on any atom is 0.0616 e. The first-order valence-corrected chi connectivity index (χ1v) is 6.44. The van der Waals surface area contributed by atoms with Gasteiger partial charge in [0, 0.05) is 0 Å². The van der Waals surface area contributed by atoms with Crippen LogP contribution in [-0.2, 0) is 0 Å². The number of hydrogen-bond donors (Lipinski definition) is 1. The highest BCUT2D eigenvalue weighted by atomic mass is 16.3. The topological polar surface area (TPSA) is 20.2 Å². The molecule has 0 saturated heterocycles. The van der Waals surface area contributed by atoms with E-state index in [2.05, 4.69) is 39.8 Å². The van der Waals surface area contributed by atoms with Gasteiger partial charge in [0.15, 0.2) is 0 Å². The van der Waals surface area contributed by atoms with E-state index in [9.17, 15) is 5.11 Å². The molecule has 0 aromatic rings. The van der Waals surface area contributed by atoms with Crippen molar-refractivity contribution in [3.63, 3.8) is 0 Å². The smallest absolute Gasteiger partial charge is 0.0616 e.